The van der Waals surface area contributed by atoms with Crippen molar-refractivity contribution in [2.45, 2.75) is 51.6 Å². The topological polar surface area (TPSA) is 113 Å². The standard InChI is InChI=1S/C11H22N2O5S/c1-5-6-7-8(9(14)15)12-10(16)11(2,3)13-19(4,17)18/h8,13H,5-7H2,1-4H3,(H,12,16)(H,14,15)/t8-/m0/s1. The van der Waals surface area contributed by atoms with E-state index in [0.717, 1.165) is 12.7 Å². The normalized spacial score (nSPS) is 13.9. The minimum Gasteiger partial charge on any atom is -0.480 e. The van der Waals surface area contributed by atoms with Crippen LogP contribution < -0.4 is 10.0 Å². The molecule has 0 heterocycles. The van der Waals surface area contributed by atoms with Crippen molar-refractivity contribution in [3.8, 4) is 0 Å². The highest BCUT2D eigenvalue weighted by atomic mass is 32.2. The number of carboxylic acids is 1. The fraction of sp³-hybridized carbons (Fsp3) is 0.818. The zero-order valence-electron chi connectivity index (χ0n) is 11.7. The summed E-state index contributed by atoms with van der Waals surface area (Å²) < 4.78 is 24.4. The summed E-state index contributed by atoms with van der Waals surface area (Å²) in [6.45, 7) is 4.67. The van der Waals surface area contributed by atoms with Crippen molar-refractivity contribution < 1.29 is 23.1 Å². The Hall–Kier alpha value is -1.15. The van der Waals surface area contributed by atoms with Crippen LogP contribution in [-0.4, -0.2) is 43.2 Å². The molecule has 112 valence electrons. The number of carbonyl (C=O) groups is 2. The lowest BCUT2D eigenvalue weighted by Crippen LogP contribution is -2.57. The lowest BCUT2D eigenvalue weighted by molar-refractivity contribution is -0.142. The molecule has 0 saturated heterocycles. The Morgan fingerprint density at radius 1 is 1.32 bits per heavy atom. The Labute approximate surface area is 113 Å². The molecule has 0 unspecified atom stereocenters. The Morgan fingerprint density at radius 3 is 2.21 bits per heavy atom. The van der Waals surface area contributed by atoms with Gasteiger partial charge in [-0.1, -0.05) is 19.8 Å². The molecule has 1 amide bonds. The van der Waals surface area contributed by atoms with Gasteiger partial charge in [-0.2, -0.15) is 0 Å². The molecule has 0 aromatic carbocycles. The van der Waals surface area contributed by atoms with E-state index in [0.29, 0.717) is 12.8 Å². The van der Waals surface area contributed by atoms with Crippen molar-refractivity contribution in [3.05, 3.63) is 0 Å². The van der Waals surface area contributed by atoms with Crippen LogP contribution in [0.5, 0.6) is 0 Å². The van der Waals surface area contributed by atoms with E-state index in [4.69, 9.17) is 5.11 Å². The third-order valence-corrected chi connectivity index (χ3v) is 3.34. The van der Waals surface area contributed by atoms with Crippen LogP contribution in [0, 0.1) is 0 Å². The van der Waals surface area contributed by atoms with Crippen molar-refractivity contribution in [1.29, 1.82) is 0 Å². The molecule has 1 atom stereocenters. The molecule has 0 aliphatic heterocycles. The molecular weight excluding hydrogens is 272 g/mol. The van der Waals surface area contributed by atoms with Gasteiger partial charge in [0.1, 0.15) is 11.6 Å². The minimum absolute atomic E-state index is 0.312. The lowest BCUT2D eigenvalue weighted by atomic mass is 10.0. The van der Waals surface area contributed by atoms with Crippen molar-refractivity contribution in [3.63, 3.8) is 0 Å². The molecular formula is C11H22N2O5S. The van der Waals surface area contributed by atoms with Gasteiger partial charge < -0.3 is 10.4 Å². The van der Waals surface area contributed by atoms with Gasteiger partial charge in [0.05, 0.1) is 6.26 Å². The number of aliphatic carboxylic acids is 1. The SMILES string of the molecule is CCCC[C@H](NC(=O)C(C)(C)NS(C)(=O)=O)C(=O)O. The van der Waals surface area contributed by atoms with E-state index in [1.807, 2.05) is 6.92 Å². The molecule has 0 fully saturated rings. The van der Waals surface area contributed by atoms with Crippen molar-refractivity contribution in [2.75, 3.05) is 6.26 Å². The second-order valence-electron chi connectivity index (χ2n) is 5.01. The van der Waals surface area contributed by atoms with Gasteiger partial charge in [0.25, 0.3) is 0 Å². The summed E-state index contributed by atoms with van der Waals surface area (Å²) in [5, 5.41) is 11.3. The summed E-state index contributed by atoms with van der Waals surface area (Å²) in [6.07, 6.45) is 2.72. The molecule has 0 aromatic heterocycles. The second-order valence-corrected chi connectivity index (χ2v) is 6.75. The lowest BCUT2D eigenvalue weighted by Gasteiger charge is -2.26. The average Bonchev–Trinajstić information content (AvgIpc) is 2.19. The first kappa shape index (κ1) is 17.8. The van der Waals surface area contributed by atoms with Crippen LogP contribution in [0.1, 0.15) is 40.0 Å². The zero-order valence-corrected chi connectivity index (χ0v) is 12.5. The van der Waals surface area contributed by atoms with Gasteiger partial charge >= 0.3 is 5.97 Å². The molecule has 0 aliphatic carbocycles. The summed E-state index contributed by atoms with van der Waals surface area (Å²) in [5.41, 5.74) is -1.40. The highest BCUT2D eigenvalue weighted by Gasteiger charge is 2.33. The number of carbonyl (C=O) groups excluding carboxylic acids is 1. The molecule has 3 N–H and O–H groups in total. The summed E-state index contributed by atoms with van der Waals surface area (Å²) in [4.78, 5) is 22.9. The van der Waals surface area contributed by atoms with Crippen molar-refractivity contribution in [2.24, 2.45) is 0 Å². The quantitative estimate of drug-likeness (QED) is 0.586. The number of amides is 1. The molecule has 0 radical (unpaired) electrons. The van der Waals surface area contributed by atoms with Crippen LogP contribution in [0.4, 0.5) is 0 Å². The summed E-state index contributed by atoms with van der Waals surface area (Å²) in [5.74, 6) is -1.79. The predicted molar refractivity (Wildman–Crippen MR) is 71.2 cm³/mol. The molecule has 7 nitrogen and oxygen atoms in total. The Morgan fingerprint density at radius 2 is 1.84 bits per heavy atom. The van der Waals surface area contributed by atoms with Gasteiger partial charge in [-0.3, -0.25) is 4.79 Å². The van der Waals surface area contributed by atoms with Gasteiger partial charge in [0.2, 0.25) is 15.9 Å². The van der Waals surface area contributed by atoms with Crippen molar-refractivity contribution >= 4 is 21.9 Å². The maximum absolute atomic E-state index is 11.9. The zero-order chi connectivity index (χ0) is 15.3. The third kappa shape index (κ3) is 7.12. The fourth-order valence-electron chi connectivity index (χ4n) is 1.51. The molecule has 0 rings (SSSR count). The van der Waals surface area contributed by atoms with Crippen LogP contribution in [0.3, 0.4) is 0 Å². The van der Waals surface area contributed by atoms with Crippen LogP contribution >= 0.6 is 0 Å². The number of nitrogens with one attached hydrogen (secondary N) is 2. The largest absolute Gasteiger partial charge is 0.480 e. The number of carboxylic acid groups (broad SMARTS) is 1. The first-order valence-corrected chi connectivity index (χ1v) is 7.91. The Bertz CT molecular complexity index is 430. The number of sulfonamides is 1. The first-order chi connectivity index (χ1) is 8.49. The van der Waals surface area contributed by atoms with Crippen molar-refractivity contribution in [1.82, 2.24) is 10.0 Å². The molecule has 8 heteroatoms. The number of hydrogen-bond acceptors (Lipinski definition) is 4. The molecule has 0 aromatic rings. The van der Waals surface area contributed by atoms with E-state index in [1.165, 1.54) is 13.8 Å². The minimum atomic E-state index is -3.56. The van der Waals surface area contributed by atoms with E-state index in [1.54, 1.807) is 0 Å². The van der Waals surface area contributed by atoms with Gasteiger partial charge in [-0.15, -0.1) is 0 Å². The van der Waals surface area contributed by atoms with E-state index in [-0.39, 0.29) is 0 Å². The van der Waals surface area contributed by atoms with Crippen LogP contribution in [0.25, 0.3) is 0 Å². The summed E-state index contributed by atoms with van der Waals surface area (Å²) in [7, 11) is -3.56. The number of hydrogen-bond donors (Lipinski definition) is 3. The number of unbranched alkanes of at least 4 members (excludes halogenated alkanes) is 1. The van der Waals surface area contributed by atoms with Gasteiger partial charge in [0.15, 0.2) is 0 Å². The Kier molecular flexibility index (Phi) is 6.44. The van der Waals surface area contributed by atoms with E-state index in [2.05, 4.69) is 10.0 Å². The average molecular weight is 294 g/mol. The molecule has 19 heavy (non-hydrogen) atoms. The second kappa shape index (κ2) is 6.85. The molecule has 0 bridgehead atoms. The Balaban J connectivity index is 4.75. The monoisotopic (exact) mass is 294 g/mol. The first-order valence-electron chi connectivity index (χ1n) is 6.02. The van der Waals surface area contributed by atoms with Gasteiger partial charge in [-0.25, -0.2) is 17.9 Å². The maximum Gasteiger partial charge on any atom is 0.326 e. The highest BCUT2D eigenvalue weighted by Crippen LogP contribution is 2.07. The highest BCUT2D eigenvalue weighted by molar-refractivity contribution is 7.88. The maximum atomic E-state index is 11.9. The predicted octanol–water partition coefficient (Wildman–Crippen LogP) is 0.0738. The van der Waals surface area contributed by atoms with Gasteiger partial charge in [-0.05, 0) is 20.3 Å². The van der Waals surface area contributed by atoms with E-state index in [9.17, 15) is 18.0 Å². The van der Waals surface area contributed by atoms with Crippen LogP contribution in [-0.2, 0) is 19.6 Å². The van der Waals surface area contributed by atoms with E-state index < -0.39 is 33.5 Å². The van der Waals surface area contributed by atoms with Gasteiger partial charge in [0, 0.05) is 0 Å². The third-order valence-electron chi connectivity index (χ3n) is 2.46. The number of rotatable bonds is 8. The van der Waals surface area contributed by atoms with Crippen LogP contribution in [0.15, 0.2) is 0 Å². The molecule has 0 spiro atoms. The van der Waals surface area contributed by atoms with E-state index >= 15 is 0 Å². The molecule has 0 saturated carbocycles. The summed E-state index contributed by atoms with van der Waals surface area (Å²) in [6, 6.07) is -1.01. The smallest absolute Gasteiger partial charge is 0.326 e. The fourth-order valence-corrected chi connectivity index (χ4v) is 2.53. The van der Waals surface area contributed by atoms with Crippen LogP contribution in [0.2, 0.25) is 0 Å². The summed E-state index contributed by atoms with van der Waals surface area (Å²) >= 11 is 0. The molecule has 0 aliphatic rings.